The number of carbonyl (C=O) groups is 1. The van der Waals surface area contributed by atoms with Gasteiger partial charge in [0, 0.05) is 0 Å². The normalized spacial score (nSPS) is 22.3. The standard InChI is InChI=1S/C23H21NO3/c1-15-14-18(12-13-19(15)25)21-23(26)27-22(17-10-6-3-7-11-17)20(24-21)16-8-4-2-5-9-16/h2-14,20-22,24-25H,1H3/t20-,21-,22+/m0/s1. The molecule has 4 nitrogen and oxygen atoms in total. The largest absolute Gasteiger partial charge is 0.508 e. The summed E-state index contributed by atoms with van der Waals surface area (Å²) in [5.41, 5.74) is 3.51. The zero-order valence-corrected chi connectivity index (χ0v) is 15.0. The first-order chi connectivity index (χ1) is 13.1. The highest BCUT2D eigenvalue weighted by atomic mass is 16.5. The molecule has 0 radical (unpaired) electrons. The molecule has 3 aromatic rings. The smallest absolute Gasteiger partial charge is 0.328 e. The van der Waals surface area contributed by atoms with Gasteiger partial charge in [-0.25, -0.2) is 4.79 Å². The number of phenolic OH excluding ortho intramolecular Hbond substituents is 1. The van der Waals surface area contributed by atoms with Crippen LogP contribution < -0.4 is 5.32 Å². The van der Waals surface area contributed by atoms with Crippen molar-refractivity contribution >= 4 is 5.97 Å². The summed E-state index contributed by atoms with van der Waals surface area (Å²) in [5.74, 6) is -0.106. The maximum atomic E-state index is 12.8. The van der Waals surface area contributed by atoms with E-state index in [9.17, 15) is 9.90 Å². The molecule has 0 aliphatic carbocycles. The quantitative estimate of drug-likeness (QED) is 0.682. The molecule has 0 aromatic heterocycles. The van der Waals surface area contributed by atoms with Gasteiger partial charge in [0.05, 0.1) is 6.04 Å². The van der Waals surface area contributed by atoms with Crippen molar-refractivity contribution in [3.8, 4) is 5.75 Å². The van der Waals surface area contributed by atoms with Crippen LogP contribution in [0.25, 0.3) is 0 Å². The van der Waals surface area contributed by atoms with E-state index in [0.29, 0.717) is 0 Å². The van der Waals surface area contributed by atoms with Gasteiger partial charge in [-0.05, 0) is 35.2 Å². The Bertz CT molecular complexity index is 940. The summed E-state index contributed by atoms with van der Waals surface area (Å²) in [6, 6.07) is 24.2. The number of aromatic hydroxyl groups is 1. The van der Waals surface area contributed by atoms with Crippen molar-refractivity contribution < 1.29 is 14.6 Å². The molecular formula is C23H21NO3. The molecule has 0 saturated carbocycles. The van der Waals surface area contributed by atoms with Crippen molar-refractivity contribution in [2.45, 2.75) is 25.1 Å². The van der Waals surface area contributed by atoms with Crippen molar-refractivity contribution in [3.63, 3.8) is 0 Å². The number of rotatable bonds is 3. The summed E-state index contributed by atoms with van der Waals surface area (Å²) < 4.78 is 5.91. The van der Waals surface area contributed by atoms with Crippen LogP contribution in [0.1, 0.15) is 40.4 Å². The van der Waals surface area contributed by atoms with Gasteiger partial charge in [-0.2, -0.15) is 0 Å². The van der Waals surface area contributed by atoms with Gasteiger partial charge in [-0.15, -0.1) is 0 Å². The summed E-state index contributed by atoms with van der Waals surface area (Å²) >= 11 is 0. The summed E-state index contributed by atoms with van der Waals surface area (Å²) in [4.78, 5) is 12.8. The highest BCUT2D eigenvalue weighted by molar-refractivity contribution is 5.79. The lowest BCUT2D eigenvalue weighted by Crippen LogP contribution is -2.43. The van der Waals surface area contributed by atoms with Crippen LogP contribution >= 0.6 is 0 Å². The van der Waals surface area contributed by atoms with Gasteiger partial charge in [-0.1, -0.05) is 72.8 Å². The fourth-order valence-corrected chi connectivity index (χ4v) is 3.52. The number of hydrogen-bond donors (Lipinski definition) is 2. The van der Waals surface area contributed by atoms with E-state index in [2.05, 4.69) is 5.32 Å². The Morgan fingerprint density at radius 1 is 0.852 bits per heavy atom. The Morgan fingerprint density at radius 2 is 1.48 bits per heavy atom. The first-order valence-electron chi connectivity index (χ1n) is 8.99. The van der Waals surface area contributed by atoms with Crippen LogP contribution in [-0.4, -0.2) is 11.1 Å². The monoisotopic (exact) mass is 359 g/mol. The minimum atomic E-state index is -0.588. The second-order valence-electron chi connectivity index (χ2n) is 6.80. The minimum absolute atomic E-state index is 0.176. The van der Waals surface area contributed by atoms with Crippen molar-refractivity contribution in [1.29, 1.82) is 0 Å². The molecule has 2 N–H and O–H groups in total. The van der Waals surface area contributed by atoms with Gasteiger partial charge in [0.1, 0.15) is 17.9 Å². The Morgan fingerprint density at radius 3 is 2.11 bits per heavy atom. The maximum absolute atomic E-state index is 12.8. The second kappa shape index (κ2) is 7.25. The lowest BCUT2D eigenvalue weighted by molar-refractivity contribution is -0.161. The molecule has 3 aromatic carbocycles. The molecule has 0 bridgehead atoms. The molecule has 1 aliphatic heterocycles. The second-order valence-corrected chi connectivity index (χ2v) is 6.80. The number of hydrogen-bond acceptors (Lipinski definition) is 4. The highest BCUT2D eigenvalue weighted by Crippen LogP contribution is 2.39. The van der Waals surface area contributed by atoms with Crippen LogP contribution in [0.2, 0.25) is 0 Å². The van der Waals surface area contributed by atoms with Crippen molar-refractivity contribution in [3.05, 3.63) is 101 Å². The third-order valence-electron chi connectivity index (χ3n) is 4.97. The minimum Gasteiger partial charge on any atom is -0.508 e. The third-order valence-corrected chi connectivity index (χ3v) is 4.97. The van der Waals surface area contributed by atoms with Crippen LogP contribution in [0.4, 0.5) is 0 Å². The highest BCUT2D eigenvalue weighted by Gasteiger charge is 2.39. The van der Waals surface area contributed by atoms with E-state index in [1.165, 1.54) is 0 Å². The molecule has 1 aliphatic rings. The van der Waals surface area contributed by atoms with Crippen LogP contribution in [0.5, 0.6) is 5.75 Å². The summed E-state index contributed by atoms with van der Waals surface area (Å²) in [7, 11) is 0. The first-order valence-corrected chi connectivity index (χ1v) is 8.99. The molecule has 1 heterocycles. The molecule has 0 amide bonds. The molecule has 0 unspecified atom stereocenters. The molecular weight excluding hydrogens is 338 g/mol. The molecule has 27 heavy (non-hydrogen) atoms. The number of aryl methyl sites for hydroxylation is 1. The molecule has 136 valence electrons. The van der Waals surface area contributed by atoms with Crippen LogP contribution in [0, 0.1) is 6.92 Å². The molecule has 3 atom stereocenters. The summed E-state index contributed by atoms with van der Waals surface area (Å²) in [5, 5.41) is 13.3. The maximum Gasteiger partial charge on any atom is 0.328 e. The van der Waals surface area contributed by atoms with E-state index in [0.717, 1.165) is 22.3 Å². The van der Waals surface area contributed by atoms with Crippen LogP contribution in [0.15, 0.2) is 78.9 Å². The van der Waals surface area contributed by atoms with Crippen molar-refractivity contribution in [2.24, 2.45) is 0 Å². The Hall–Kier alpha value is -3.11. The lowest BCUT2D eigenvalue weighted by atomic mass is 9.91. The number of ether oxygens (including phenoxy) is 1. The van der Waals surface area contributed by atoms with E-state index in [1.54, 1.807) is 12.1 Å². The van der Waals surface area contributed by atoms with Gasteiger partial charge < -0.3 is 9.84 Å². The fraction of sp³-hybridized carbons (Fsp3) is 0.174. The number of nitrogens with one attached hydrogen (secondary N) is 1. The van der Waals surface area contributed by atoms with Gasteiger partial charge in [-0.3, -0.25) is 5.32 Å². The average Bonchev–Trinajstić information content (AvgIpc) is 2.71. The Balaban J connectivity index is 1.73. The molecule has 4 rings (SSSR count). The predicted molar refractivity (Wildman–Crippen MR) is 103 cm³/mol. The zero-order chi connectivity index (χ0) is 18.8. The van der Waals surface area contributed by atoms with Gasteiger partial charge in [0.15, 0.2) is 0 Å². The van der Waals surface area contributed by atoms with Crippen molar-refractivity contribution in [2.75, 3.05) is 0 Å². The van der Waals surface area contributed by atoms with Crippen LogP contribution in [0.3, 0.4) is 0 Å². The summed E-state index contributed by atoms with van der Waals surface area (Å²) in [6.07, 6.45) is -0.407. The van der Waals surface area contributed by atoms with Crippen molar-refractivity contribution in [1.82, 2.24) is 5.32 Å². The van der Waals surface area contributed by atoms with E-state index in [1.807, 2.05) is 73.7 Å². The van der Waals surface area contributed by atoms with Crippen LogP contribution in [-0.2, 0) is 9.53 Å². The number of morpholine rings is 1. The predicted octanol–water partition coefficient (Wildman–Crippen LogP) is 4.37. The molecule has 0 spiro atoms. The fourth-order valence-electron chi connectivity index (χ4n) is 3.52. The van der Waals surface area contributed by atoms with E-state index < -0.39 is 12.1 Å². The van der Waals surface area contributed by atoms with Gasteiger partial charge in [0.2, 0.25) is 0 Å². The summed E-state index contributed by atoms with van der Waals surface area (Å²) in [6.45, 7) is 1.81. The Kier molecular flexibility index (Phi) is 4.65. The number of esters is 1. The van der Waals surface area contributed by atoms with Gasteiger partial charge >= 0.3 is 5.97 Å². The lowest BCUT2D eigenvalue weighted by Gasteiger charge is -2.37. The number of phenols is 1. The Labute approximate surface area is 158 Å². The average molecular weight is 359 g/mol. The molecule has 1 fully saturated rings. The number of cyclic esters (lactones) is 1. The van der Waals surface area contributed by atoms with E-state index in [4.69, 9.17) is 4.74 Å². The third kappa shape index (κ3) is 3.44. The SMILES string of the molecule is Cc1cc([C@@H]2N[C@@H](c3ccccc3)[C@@H](c3ccccc3)OC2=O)ccc1O. The van der Waals surface area contributed by atoms with E-state index >= 15 is 0 Å². The molecule has 1 saturated heterocycles. The zero-order valence-electron chi connectivity index (χ0n) is 15.0. The number of carbonyl (C=O) groups excluding carboxylic acids is 1. The molecule has 4 heteroatoms. The number of benzene rings is 3. The van der Waals surface area contributed by atoms with Gasteiger partial charge in [0.25, 0.3) is 0 Å². The topological polar surface area (TPSA) is 58.6 Å². The van der Waals surface area contributed by atoms with E-state index in [-0.39, 0.29) is 17.8 Å². The first kappa shape index (κ1) is 17.3.